The Bertz CT molecular complexity index is 610. The fourth-order valence-corrected chi connectivity index (χ4v) is 6.63. The van der Waals surface area contributed by atoms with E-state index in [1.165, 1.54) is 6.42 Å². The minimum absolute atomic E-state index is 0.0126. The number of fused-ring (bicyclic) bond motifs is 1. The number of piperidine rings is 1. The molecule has 0 bridgehead atoms. The first-order valence-corrected chi connectivity index (χ1v) is 9.94. The summed E-state index contributed by atoms with van der Waals surface area (Å²) in [7, 11) is -3.38. The van der Waals surface area contributed by atoms with Gasteiger partial charge in [-0.15, -0.1) is 0 Å². The van der Waals surface area contributed by atoms with Crippen molar-refractivity contribution in [1.29, 1.82) is 0 Å². The maximum atomic E-state index is 13.0. The van der Waals surface area contributed by atoms with E-state index >= 15 is 0 Å². The minimum atomic E-state index is -3.38. The Morgan fingerprint density at radius 1 is 1.14 bits per heavy atom. The third kappa shape index (κ3) is 2.80. The molecule has 2 aliphatic rings. The van der Waals surface area contributed by atoms with Crippen LogP contribution in [0, 0.1) is 6.92 Å². The third-order valence-corrected chi connectivity index (χ3v) is 8.11. The van der Waals surface area contributed by atoms with Crippen LogP contribution in [0.1, 0.15) is 44.1 Å². The molecular weight excluding hydrogens is 350 g/mol. The van der Waals surface area contributed by atoms with Crippen molar-refractivity contribution in [2.75, 3.05) is 6.54 Å². The molecule has 0 radical (unpaired) electrons. The summed E-state index contributed by atoms with van der Waals surface area (Å²) in [6, 6.07) is 7.32. The fourth-order valence-electron chi connectivity index (χ4n) is 3.69. The predicted molar refractivity (Wildman–Crippen MR) is 88.2 cm³/mol. The topological polar surface area (TPSA) is 37.4 Å². The molecule has 1 heterocycles. The van der Waals surface area contributed by atoms with Gasteiger partial charge in [0.15, 0.2) is 0 Å². The van der Waals surface area contributed by atoms with E-state index in [0.717, 1.165) is 37.7 Å². The first kappa shape index (κ1) is 15.5. The summed E-state index contributed by atoms with van der Waals surface area (Å²) in [6.45, 7) is 2.62. The lowest BCUT2D eigenvalue weighted by Crippen LogP contribution is -2.56. The van der Waals surface area contributed by atoms with Gasteiger partial charge in [0, 0.05) is 16.9 Å². The molecule has 1 saturated carbocycles. The van der Waals surface area contributed by atoms with Crippen LogP contribution in [0.2, 0.25) is 0 Å². The molecule has 0 aromatic heterocycles. The molecule has 0 N–H and O–H groups in total. The van der Waals surface area contributed by atoms with Gasteiger partial charge in [-0.05, 0) is 44.7 Å². The van der Waals surface area contributed by atoms with Crippen molar-refractivity contribution >= 4 is 26.0 Å². The van der Waals surface area contributed by atoms with Crippen molar-refractivity contribution in [3.8, 4) is 0 Å². The normalized spacial score (nSPS) is 30.9. The number of hydrogen-bond donors (Lipinski definition) is 0. The van der Waals surface area contributed by atoms with Crippen molar-refractivity contribution < 1.29 is 8.42 Å². The lowest BCUT2D eigenvalue weighted by atomic mass is 9.79. The Balaban J connectivity index is 1.95. The standard InChI is InChI=1S/C16H22BrNO2S/c1-13-6-8-14(9-7-13)21(19,20)18-12-4-11-16(17)10-3-2-5-15(16)18/h6-9,15H,2-5,10-12H2,1H3/t15-,16+/m1/s1. The van der Waals surface area contributed by atoms with Crippen molar-refractivity contribution in [2.24, 2.45) is 0 Å². The Morgan fingerprint density at radius 3 is 2.52 bits per heavy atom. The zero-order valence-electron chi connectivity index (χ0n) is 12.4. The Morgan fingerprint density at radius 2 is 1.81 bits per heavy atom. The minimum Gasteiger partial charge on any atom is -0.207 e. The Hall–Kier alpha value is -0.390. The first-order valence-electron chi connectivity index (χ1n) is 7.71. The number of benzene rings is 1. The van der Waals surface area contributed by atoms with Gasteiger partial charge in [0.2, 0.25) is 10.0 Å². The molecule has 3 rings (SSSR count). The molecule has 1 aromatic rings. The van der Waals surface area contributed by atoms with Gasteiger partial charge in [-0.2, -0.15) is 4.31 Å². The lowest BCUT2D eigenvalue weighted by Gasteiger charge is -2.48. The summed E-state index contributed by atoms with van der Waals surface area (Å²) in [5.74, 6) is 0. The van der Waals surface area contributed by atoms with Gasteiger partial charge in [-0.1, -0.05) is 46.5 Å². The summed E-state index contributed by atoms with van der Waals surface area (Å²) in [6.07, 6.45) is 6.39. The SMILES string of the molecule is Cc1ccc(S(=O)(=O)N2CCC[C@@]3(Br)CCCC[C@@H]23)cc1. The number of alkyl halides is 1. The van der Waals surface area contributed by atoms with E-state index in [9.17, 15) is 8.42 Å². The molecule has 5 heteroatoms. The van der Waals surface area contributed by atoms with E-state index in [-0.39, 0.29) is 10.4 Å². The second-order valence-corrected chi connectivity index (χ2v) is 9.80. The van der Waals surface area contributed by atoms with Gasteiger partial charge in [0.25, 0.3) is 0 Å². The molecule has 0 unspecified atom stereocenters. The van der Waals surface area contributed by atoms with E-state index in [1.54, 1.807) is 16.4 Å². The Labute approximate surface area is 135 Å². The summed E-state index contributed by atoms with van der Waals surface area (Å²) in [5, 5.41) is 0. The largest absolute Gasteiger partial charge is 0.243 e. The van der Waals surface area contributed by atoms with Crippen LogP contribution in [0.5, 0.6) is 0 Å². The zero-order chi connectivity index (χ0) is 15.1. The molecule has 2 atom stereocenters. The maximum absolute atomic E-state index is 13.0. The number of halogens is 1. The van der Waals surface area contributed by atoms with E-state index in [4.69, 9.17) is 0 Å². The van der Waals surface area contributed by atoms with Gasteiger partial charge in [-0.25, -0.2) is 8.42 Å². The second kappa shape index (κ2) is 5.67. The number of sulfonamides is 1. The number of hydrogen-bond acceptors (Lipinski definition) is 2. The molecule has 1 aliphatic heterocycles. The van der Waals surface area contributed by atoms with Crippen LogP contribution >= 0.6 is 15.9 Å². The lowest BCUT2D eigenvalue weighted by molar-refractivity contribution is 0.158. The number of nitrogens with zero attached hydrogens (tertiary/aromatic N) is 1. The van der Waals surface area contributed by atoms with Gasteiger partial charge >= 0.3 is 0 Å². The molecule has 0 spiro atoms. The molecule has 3 nitrogen and oxygen atoms in total. The monoisotopic (exact) mass is 371 g/mol. The summed E-state index contributed by atoms with van der Waals surface area (Å²) < 4.78 is 27.7. The summed E-state index contributed by atoms with van der Waals surface area (Å²) >= 11 is 3.88. The van der Waals surface area contributed by atoms with E-state index < -0.39 is 10.0 Å². The highest BCUT2D eigenvalue weighted by molar-refractivity contribution is 9.10. The van der Waals surface area contributed by atoms with Crippen LogP contribution in [0.25, 0.3) is 0 Å². The molecule has 1 aliphatic carbocycles. The number of rotatable bonds is 2. The van der Waals surface area contributed by atoms with Crippen LogP contribution in [0.3, 0.4) is 0 Å². The first-order chi connectivity index (χ1) is 9.93. The second-order valence-electron chi connectivity index (χ2n) is 6.33. The average Bonchev–Trinajstić information content (AvgIpc) is 2.46. The molecular formula is C16H22BrNO2S. The van der Waals surface area contributed by atoms with E-state index in [1.807, 2.05) is 19.1 Å². The molecule has 21 heavy (non-hydrogen) atoms. The quantitative estimate of drug-likeness (QED) is 0.740. The maximum Gasteiger partial charge on any atom is 0.243 e. The van der Waals surface area contributed by atoms with Crippen LogP contribution in [-0.4, -0.2) is 29.6 Å². The molecule has 1 saturated heterocycles. The van der Waals surface area contributed by atoms with Crippen molar-refractivity contribution in [3.63, 3.8) is 0 Å². The van der Waals surface area contributed by atoms with Crippen molar-refractivity contribution in [3.05, 3.63) is 29.8 Å². The van der Waals surface area contributed by atoms with Gasteiger partial charge in [0.05, 0.1) is 4.90 Å². The van der Waals surface area contributed by atoms with E-state index in [0.29, 0.717) is 11.4 Å². The van der Waals surface area contributed by atoms with Crippen LogP contribution in [0.15, 0.2) is 29.2 Å². The summed E-state index contributed by atoms with van der Waals surface area (Å²) in [5.41, 5.74) is 1.08. The van der Waals surface area contributed by atoms with Gasteiger partial charge in [0.1, 0.15) is 0 Å². The Kier molecular flexibility index (Phi) is 4.19. The highest BCUT2D eigenvalue weighted by Crippen LogP contribution is 2.46. The molecule has 0 amide bonds. The molecule has 116 valence electrons. The van der Waals surface area contributed by atoms with Crippen molar-refractivity contribution in [2.45, 2.75) is 60.7 Å². The van der Waals surface area contributed by atoms with E-state index in [2.05, 4.69) is 15.9 Å². The fraction of sp³-hybridized carbons (Fsp3) is 0.625. The zero-order valence-corrected chi connectivity index (χ0v) is 14.8. The smallest absolute Gasteiger partial charge is 0.207 e. The van der Waals surface area contributed by atoms with Gasteiger partial charge in [-0.3, -0.25) is 0 Å². The molecule has 2 fully saturated rings. The highest BCUT2D eigenvalue weighted by atomic mass is 79.9. The predicted octanol–water partition coefficient (Wildman–Crippen LogP) is 3.86. The third-order valence-electron chi connectivity index (χ3n) is 4.86. The van der Waals surface area contributed by atoms with Crippen LogP contribution in [0.4, 0.5) is 0 Å². The van der Waals surface area contributed by atoms with Crippen molar-refractivity contribution in [1.82, 2.24) is 4.31 Å². The highest BCUT2D eigenvalue weighted by Gasteiger charge is 2.48. The molecule has 1 aromatic carbocycles. The summed E-state index contributed by atoms with van der Waals surface area (Å²) in [4.78, 5) is 0.426. The van der Waals surface area contributed by atoms with Crippen LogP contribution in [-0.2, 0) is 10.0 Å². The number of aryl methyl sites for hydroxylation is 1. The average molecular weight is 372 g/mol. The van der Waals surface area contributed by atoms with Gasteiger partial charge < -0.3 is 0 Å². The van der Waals surface area contributed by atoms with Crippen LogP contribution < -0.4 is 0 Å².